The molecule has 0 spiro atoms. The molecule has 2 aromatic carbocycles. The summed E-state index contributed by atoms with van der Waals surface area (Å²) in [6.07, 6.45) is 5.43. The van der Waals surface area contributed by atoms with Crippen LogP contribution < -0.4 is 4.74 Å². The molecule has 0 saturated heterocycles. The van der Waals surface area contributed by atoms with E-state index < -0.39 is 5.97 Å². The number of carboxylic acids is 1. The minimum absolute atomic E-state index is 0.0909. The smallest absolute Gasteiger partial charge is 0.336 e. The number of benzene rings is 2. The molecular weight excluding hydrogens is 390 g/mol. The van der Waals surface area contributed by atoms with Crippen molar-refractivity contribution in [3.63, 3.8) is 0 Å². The normalized spacial score (nSPS) is 11.0. The highest BCUT2D eigenvalue weighted by Gasteiger charge is 2.14. The number of carboxylic acid groups (broad SMARTS) is 1. The predicted molar refractivity (Wildman–Crippen MR) is 113 cm³/mol. The topological polar surface area (TPSA) is 68.5 Å². The molecule has 0 aliphatic carbocycles. The minimum Gasteiger partial charge on any atom is -0.497 e. The van der Waals surface area contributed by atoms with Crippen molar-refractivity contribution in [1.29, 1.82) is 0 Å². The lowest BCUT2D eigenvalue weighted by molar-refractivity contribution is 0.0696. The van der Waals surface area contributed by atoms with Crippen LogP contribution in [0.15, 0.2) is 60.8 Å². The van der Waals surface area contributed by atoms with Gasteiger partial charge in [-0.15, -0.1) is 0 Å². The van der Waals surface area contributed by atoms with Crippen LogP contribution in [0, 0.1) is 6.92 Å². The van der Waals surface area contributed by atoms with Crippen molar-refractivity contribution < 1.29 is 19.4 Å². The third-order valence-corrected chi connectivity index (χ3v) is 4.70. The molecule has 6 heteroatoms. The number of rotatable bonds is 7. The van der Waals surface area contributed by atoms with Crippen molar-refractivity contribution in [3.8, 4) is 5.75 Å². The number of aromatic carboxylic acids is 1. The van der Waals surface area contributed by atoms with Gasteiger partial charge in [0.2, 0.25) is 5.78 Å². The van der Waals surface area contributed by atoms with Crippen molar-refractivity contribution >= 4 is 29.4 Å². The number of hydrogen-bond acceptors (Lipinski definition) is 3. The van der Waals surface area contributed by atoms with E-state index in [1.807, 2.05) is 29.8 Å². The Labute approximate surface area is 173 Å². The summed E-state index contributed by atoms with van der Waals surface area (Å²) in [5, 5.41) is 9.71. The largest absolute Gasteiger partial charge is 0.497 e. The Kier molecular flexibility index (Phi) is 6.20. The zero-order valence-corrected chi connectivity index (χ0v) is 16.8. The van der Waals surface area contributed by atoms with Crippen LogP contribution in [0.3, 0.4) is 0 Å². The van der Waals surface area contributed by atoms with Gasteiger partial charge in [0, 0.05) is 23.3 Å². The Morgan fingerprint density at radius 1 is 1.14 bits per heavy atom. The van der Waals surface area contributed by atoms with E-state index in [4.69, 9.17) is 16.3 Å². The molecule has 0 unspecified atom stereocenters. The van der Waals surface area contributed by atoms with Crippen LogP contribution in [-0.2, 0) is 6.54 Å². The summed E-state index contributed by atoms with van der Waals surface area (Å²) in [4.78, 5) is 24.3. The Hall–Kier alpha value is -3.31. The van der Waals surface area contributed by atoms with Crippen LogP contribution in [0.2, 0.25) is 5.02 Å². The summed E-state index contributed by atoms with van der Waals surface area (Å²) in [6.45, 7) is 2.35. The zero-order valence-electron chi connectivity index (χ0n) is 16.1. The van der Waals surface area contributed by atoms with Gasteiger partial charge < -0.3 is 14.4 Å². The molecular formula is C23H20ClNO4. The van der Waals surface area contributed by atoms with Gasteiger partial charge in [-0.2, -0.15) is 0 Å². The van der Waals surface area contributed by atoms with Crippen molar-refractivity contribution in [3.05, 3.63) is 93.8 Å². The molecule has 1 aromatic heterocycles. The Bertz CT molecular complexity index is 1080. The number of halogens is 1. The molecule has 5 nitrogen and oxygen atoms in total. The number of carbonyl (C=O) groups excluding carboxylic acids is 1. The molecule has 0 amide bonds. The first-order chi connectivity index (χ1) is 13.9. The quantitative estimate of drug-likeness (QED) is 0.551. The number of carbonyl (C=O) groups is 2. The summed E-state index contributed by atoms with van der Waals surface area (Å²) >= 11 is 5.89. The van der Waals surface area contributed by atoms with Gasteiger partial charge in [0.05, 0.1) is 18.4 Å². The van der Waals surface area contributed by atoms with Crippen molar-refractivity contribution in [2.75, 3.05) is 7.11 Å². The van der Waals surface area contributed by atoms with E-state index >= 15 is 0 Å². The number of hydrogen-bond donors (Lipinski definition) is 1. The zero-order chi connectivity index (χ0) is 21.0. The molecule has 0 atom stereocenters. The van der Waals surface area contributed by atoms with E-state index in [1.165, 1.54) is 6.07 Å². The lowest BCUT2D eigenvalue weighted by Gasteiger charge is -2.07. The van der Waals surface area contributed by atoms with Crippen molar-refractivity contribution in [2.45, 2.75) is 13.5 Å². The minimum atomic E-state index is -1.04. The van der Waals surface area contributed by atoms with E-state index in [-0.39, 0.29) is 11.3 Å². The van der Waals surface area contributed by atoms with E-state index in [0.717, 1.165) is 5.56 Å². The average molecular weight is 410 g/mol. The fraction of sp³-hybridized carbons (Fsp3) is 0.130. The number of ketones is 1. The number of aromatic nitrogens is 1. The van der Waals surface area contributed by atoms with Gasteiger partial charge >= 0.3 is 5.97 Å². The second-order valence-corrected chi connectivity index (χ2v) is 6.99. The molecule has 0 fully saturated rings. The predicted octanol–water partition coefficient (Wildman–Crippen LogP) is 5.10. The van der Waals surface area contributed by atoms with Crippen LogP contribution in [0.1, 0.15) is 37.5 Å². The highest BCUT2D eigenvalue weighted by Crippen LogP contribution is 2.19. The van der Waals surface area contributed by atoms with E-state index in [2.05, 4.69) is 0 Å². The molecule has 0 aliphatic rings. The number of aryl methyl sites for hydroxylation is 1. The second-order valence-electron chi connectivity index (χ2n) is 6.55. The van der Waals surface area contributed by atoms with Gasteiger partial charge in [0.25, 0.3) is 0 Å². The molecule has 0 aliphatic heterocycles. The second kappa shape index (κ2) is 8.80. The van der Waals surface area contributed by atoms with Crippen LogP contribution in [0.25, 0.3) is 6.08 Å². The number of nitrogens with zero attached hydrogens (tertiary/aromatic N) is 1. The van der Waals surface area contributed by atoms with Crippen LogP contribution >= 0.6 is 11.6 Å². The van der Waals surface area contributed by atoms with Crippen LogP contribution in [0.4, 0.5) is 0 Å². The maximum Gasteiger partial charge on any atom is 0.336 e. The molecule has 3 rings (SSSR count). The maximum absolute atomic E-state index is 12.9. The van der Waals surface area contributed by atoms with Gasteiger partial charge in [0.15, 0.2) is 0 Å². The van der Waals surface area contributed by atoms with Gasteiger partial charge in [-0.05, 0) is 60.5 Å². The fourth-order valence-corrected chi connectivity index (χ4v) is 3.21. The lowest BCUT2D eigenvalue weighted by Crippen LogP contribution is -2.09. The third kappa shape index (κ3) is 4.76. The third-order valence-electron chi connectivity index (χ3n) is 4.46. The van der Waals surface area contributed by atoms with E-state index in [9.17, 15) is 14.7 Å². The Morgan fingerprint density at radius 2 is 1.86 bits per heavy atom. The summed E-state index contributed by atoms with van der Waals surface area (Å²) in [6, 6.07) is 13.5. The summed E-state index contributed by atoms with van der Waals surface area (Å²) in [7, 11) is 1.58. The summed E-state index contributed by atoms with van der Waals surface area (Å²) in [5.41, 5.74) is 2.78. The van der Waals surface area contributed by atoms with Gasteiger partial charge in [-0.1, -0.05) is 29.8 Å². The standard InChI is InChI=1S/C23H20ClNO4/c1-15-12-21(22(26)17-6-9-19(29-2)10-7-17)25(14-15)11-3-4-16-5-8-18(24)13-20(16)23(27)28/h3-10,12-14H,11H2,1-2H3,(H,27,28)/b4-3+. The number of allylic oxidation sites excluding steroid dienone is 1. The Morgan fingerprint density at radius 3 is 2.52 bits per heavy atom. The molecule has 3 aromatic rings. The maximum atomic E-state index is 12.9. The Balaban J connectivity index is 1.83. The first kappa shape index (κ1) is 20.4. The van der Waals surface area contributed by atoms with E-state index in [0.29, 0.717) is 34.1 Å². The summed E-state index contributed by atoms with van der Waals surface area (Å²) in [5.74, 6) is -0.445. The molecule has 1 N–H and O–H groups in total. The number of ether oxygens (including phenoxy) is 1. The van der Waals surface area contributed by atoms with Crippen molar-refractivity contribution in [1.82, 2.24) is 4.57 Å². The first-order valence-corrected chi connectivity index (χ1v) is 9.31. The SMILES string of the molecule is COc1ccc(C(=O)c2cc(C)cn2C/C=C/c2ccc(Cl)cc2C(=O)O)cc1. The van der Waals surface area contributed by atoms with Crippen LogP contribution in [-0.4, -0.2) is 28.5 Å². The lowest BCUT2D eigenvalue weighted by atomic mass is 10.1. The monoisotopic (exact) mass is 409 g/mol. The fourth-order valence-electron chi connectivity index (χ4n) is 3.04. The molecule has 0 bridgehead atoms. The highest BCUT2D eigenvalue weighted by molar-refractivity contribution is 6.31. The van der Waals surface area contributed by atoms with Crippen molar-refractivity contribution in [2.24, 2.45) is 0 Å². The summed E-state index contributed by atoms with van der Waals surface area (Å²) < 4.78 is 6.98. The molecule has 0 saturated carbocycles. The highest BCUT2D eigenvalue weighted by atomic mass is 35.5. The van der Waals surface area contributed by atoms with E-state index in [1.54, 1.807) is 49.6 Å². The van der Waals surface area contributed by atoms with Gasteiger partial charge in [-0.3, -0.25) is 4.79 Å². The first-order valence-electron chi connectivity index (χ1n) is 8.94. The number of methoxy groups -OCH3 is 1. The molecule has 148 valence electrons. The van der Waals surface area contributed by atoms with Gasteiger partial charge in [-0.25, -0.2) is 4.79 Å². The van der Waals surface area contributed by atoms with Gasteiger partial charge in [0.1, 0.15) is 5.75 Å². The molecule has 0 radical (unpaired) electrons. The van der Waals surface area contributed by atoms with Crippen LogP contribution in [0.5, 0.6) is 5.75 Å². The average Bonchev–Trinajstić information content (AvgIpc) is 3.08. The molecule has 1 heterocycles. The molecule has 29 heavy (non-hydrogen) atoms.